The minimum atomic E-state index is 0.420. The number of hydrogen-bond donors (Lipinski definition) is 0. The molecule has 2 rings (SSSR count). The van der Waals surface area contributed by atoms with Gasteiger partial charge in [0.25, 0.3) is 0 Å². The normalized spacial score (nSPS) is 10.9. The van der Waals surface area contributed by atoms with Crippen LogP contribution in [-0.4, -0.2) is 0 Å². The van der Waals surface area contributed by atoms with E-state index in [1.165, 1.54) is 0 Å². The summed E-state index contributed by atoms with van der Waals surface area (Å²) in [6, 6.07) is 14.7. The van der Waals surface area contributed by atoms with Gasteiger partial charge in [0.15, 0.2) is 0 Å². The van der Waals surface area contributed by atoms with Gasteiger partial charge in [0, 0.05) is 0 Å². The summed E-state index contributed by atoms with van der Waals surface area (Å²) in [5.74, 6) is 0. The zero-order valence-electron chi connectivity index (χ0n) is 8.27. The zero-order chi connectivity index (χ0) is 11.4. The molecular formula is C12H8Cl2N2. The lowest BCUT2D eigenvalue weighted by atomic mass is 10.3. The molecule has 80 valence electrons. The summed E-state index contributed by atoms with van der Waals surface area (Å²) in [6.45, 7) is 0. The minimum absolute atomic E-state index is 0.420. The van der Waals surface area contributed by atoms with Crippen molar-refractivity contribution in [3.8, 4) is 0 Å². The van der Waals surface area contributed by atoms with E-state index in [9.17, 15) is 0 Å². The lowest BCUT2D eigenvalue weighted by molar-refractivity contribution is 1.23. The molecule has 0 atom stereocenters. The van der Waals surface area contributed by atoms with Crippen molar-refractivity contribution in [1.29, 1.82) is 0 Å². The van der Waals surface area contributed by atoms with E-state index in [4.69, 9.17) is 23.2 Å². The fourth-order valence-corrected chi connectivity index (χ4v) is 1.51. The molecule has 0 aliphatic heterocycles. The van der Waals surface area contributed by atoms with Crippen molar-refractivity contribution in [2.24, 2.45) is 10.2 Å². The molecular weight excluding hydrogens is 243 g/mol. The third kappa shape index (κ3) is 2.60. The molecule has 0 aliphatic carbocycles. The monoisotopic (exact) mass is 250 g/mol. The Hall–Kier alpha value is -1.38. The van der Waals surface area contributed by atoms with Gasteiger partial charge >= 0.3 is 0 Å². The van der Waals surface area contributed by atoms with Crippen molar-refractivity contribution in [2.45, 2.75) is 0 Å². The van der Waals surface area contributed by atoms with Crippen molar-refractivity contribution in [3.63, 3.8) is 0 Å². The molecule has 0 heterocycles. The van der Waals surface area contributed by atoms with Crippen LogP contribution in [0.4, 0.5) is 11.4 Å². The SMILES string of the molecule is Clc1cccc(N=Nc2ccccc2)c1Cl. The maximum absolute atomic E-state index is 5.97. The highest BCUT2D eigenvalue weighted by molar-refractivity contribution is 6.43. The number of hydrogen-bond acceptors (Lipinski definition) is 2. The summed E-state index contributed by atoms with van der Waals surface area (Å²) >= 11 is 11.8. The van der Waals surface area contributed by atoms with Gasteiger partial charge in [0.2, 0.25) is 0 Å². The number of azo groups is 1. The highest BCUT2D eigenvalue weighted by atomic mass is 35.5. The Labute approximate surface area is 104 Å². The van der Waals surface area contributed by atoms with Gasteiger partial charge in [-0.15, -0.1) is 5.11 Å². The Morgan fingerprint density at radius 3 is 2.25 bits per heavy atom. The Morgan fingerprint density at radius 1 is 0.750 bits per heavy atom. The van der Waals surface area contributed by atoms with E-state index in [1.807, 2.05) is 30.3 Å². The van der Waals surface area contributed by atoms with Gasteiger partial charge in [-0.1, -0.05) is 47.5 Å². The smallest absolute Gasteiger partial charge is 0.106 e. The summed E-state index contributed by atoms with van der Waals surface area (Å²) in [5, 5.41) is 9.00. The molecule has 0 aliphatic rings. The number of halogens is 2. The molecule has 2 aromatic carbocycles. The highest BCUT2D eigenvalue weighted by Crippen LogP contribution is 2.32. The maximum atomic E-state index is 5.97. The lowest BCUT2D eigenvalue weighted by Crippen LogP contribution is -1.69. The van der Waals surface area contributed by atoms with E-state index in [1.54, 1.807) is 18.2 Å². The van der Waals surface area contributed by atoms with Crippen LogP contribution in [0, 0.1) is 0 Å². The van der Waals surface area contributed by atoms with E-state index in [0.717, 1.165) is 5.69 Å². The summed E-state index contributed by atoms with van der Waals surface area (Å²) < 4.78 is 0. The van der Waals surface area contributed by atoms with Gasteiger partial charge in [-0.3, -0.25) is 0 Å². The molecule has 0 unspecified atom stereocenters. The summed E-state index contributed by atoms with van der Waals surface area (Å²) in [7, 11) is 0. The molecule has 2 aromatic rings. The first-order chi connectivity index (χ1) is 7.77. The number of nitrogens with zero attached hydrogens (tertiary/aromatic N) is 2. The predicted octanol–water partition coefficient (Wildman–Crippen LogP) is 5.41. The van der Waals surface area contributed by atoms with Crippen LogP contribution >= 0.6 is 23.2 Å². The second kappa shape index (κ2) is 5.10. The van der Waals surface area contributed by atoms with Crippen molar-refractivity contribution >= 4 is 34.6 Å². The van der Waals surface area contributed by atoms with Gasteiger partial charge in [-0.25, -0.2) is 0 Å². The predicted molar refractivity (Wildman–Crippen MR) is 67.1 cm³/mol. The van der Waals surface area contributed by atoms with Gasteiger partial charge in [-0.05, 0) is 24.3 Å². The Kier molecular flexibility index (Phi) is 3.54. The van der Waals surface area contributed by atoms with Gasteiger partial charge < -0.3 is 0 Å². The van der Waals surface area contributed by atoms with Crippen LogP contribution in [0.1, 0.15) is 0 Å². The lowest BCUT2D eigenvalue weighted by Gasteiger charge is -1.98. The van der Waals surface area contributed by atoms with Crippen molar-refractivity contribution < 1.29 is 0 Å². The fourth-order valence-electron chi connectivity index (χ4n) is 1.18. The van der Waals surface area contributed by atoms with Crippen molar-refractivity contribution in [3.05, 3.63) is 58.6 Å². The third-order valence-electron chi connectivity index (χ3n) is 1.96. The van der Waals surface area contributed by atoms with Gasteiger partial charge in [-0.2, -0.15) is 5.11 Å². The number of rotatable bonds is 2. The second-order valence-electron chi connectivity index (χ2n) is 3.11. The first-order valence-electron chi connectivity index (χ1n) is 4.68. The molecule has 0 saturated heterocycles. The van der Waals surface area contributed by atoms with E-state index in [-0.39, 0.29) is 0 Å². The standard InChI is InChI=1S/C12H8Cl2N2/c13-10-7-4-8-11(12(10)14)16-15-9-5-2-1-3-6-9/h1-8H. The van der Waals surface area contributed by atoms with Crippen LogP contribution in [0.25, 0.3) is 0 Å². The molecule has 0 saturated carbocycles. The van der Waals surface area contributed by atoms with Gasteiger partial charge in [0.1, 0.15) is 5.69 Å². The van der Waals surface area contributed by atoms with Crippen LogP contribution < -0.4 is 0 Å². The van der Waals surface area contributed by atoms with Crippen LogP contribution in [0.15, 0.2) is 58.8 Å². The maximum Gasteiger partial charge on any atom is 0.106 e. The minimum Gasteiger partial charge on any atom is -0.151 e. The molecule has 0 aromatic heterocycles. The van der Waals surface area contributed by atoms with Crippen LogP contribution in [0.5, 0.6) is 0 Å². The first-order valence-corrected chi connectivity index (χ1v) is 5.44. The Balaban J connectivity index is 2.28. The number of benzene rings is 2. The van der Waals surface area contributed by atoms with Crippen molar-refractivity contribution in [1.82, 2.24) is 0 Å². The molecule has 0 bridgehead atoms. The average Bonchev–Trinajstić information content (AvgIpc) is 2.32. The van der Waals surface area contributed by atoms with E-state index < -0.39 is 0 Å². The third-order valence-corrected chi connectivity index (χ3v) is 2.77. The van der Waals surface area contributed by atoms with Crippen LogP contribution in [-0.2, 0) is 0 Å². The van der Waals surface area contributed by atoms with E-state index in [2.05, 4.69) is 10.2 Å². The van der Waals surface area contributed by atoms with E-state index in [0.29, 0.717) is 15.7 Å². The first kappa shape index (κ1) is 11.1. The molecule has 0 fully saturated rings. The largest absolute Gasteiger partial charge is 0.151 e. The molecule has 2 nitrogen and oxygen atoms in total. The molecule has 0 radical (unpaired) electrons. The Morgan fingerprint density at radius 2 is 1.50 bits per heavy atom. The molecule has 0 amide bonds. The summed E-state index contributed by atoms with van der Waals surface area (Å²) in [6.07, 6.45) is 0. The molecule has 0 N–H and O–H groups in total. The topological polar surface area (TPSA) is 24.7 Å². The van der Waals surface area contributed by atoms with Gasteiger partial charge in [0.05, 0.1) is 15.7 Å². The Bertz CT molecular complexity index is 510. The second-order valence-corrected chi connectivity index (χ2v) is 3.89. The highest BCUT2D eigenvalue weighted by Gasteiger charge is 2.02. The molecule has 16 heavy (non-hydrogen) atoms. The molecule has 4 heteroatoms. The van der Waals surface area contributed by atoms with Crippen LogP contribution in [0.2, 0.25) is 10.0 Å². The van der Waals surface area contributed by atoms with Crippen molar-refractivity contribution in [2.75, 3.05) is 0 Å². The quantitative estimate of drug-likeness (QED) is 0.637. The molecule has 0 spiro atoms. The average molecular weight is 251 g/mol. The zero-order valence-corrected chi connectivity index (χ0v) is 9.78. The summed E-state index contributed by atoms with van der Waals surface area (Å²) in [5.41, 5.74) is 1.34. The van der Waals surface area contributed by atoms with Crippen LogP contribution in [0.3, 0.4) is 0 Å². The fraction of sp³-hybridized carbons (Fsp3) is 0. The van der Waals surface area contributed by atoms with E-state index >= 15 is 0 Å². The summed E-state index contributed by atoms with van der Waals surface area (Å²) in [4.78, 5) is 0.